The van der Waals surface area contributed by atoms with E-state index in [0.29, 0.717) is 11.5 Å². The molecule has 0 aromatic carbocycles. The van der Waals surface area contributed by atoms with Gasteiger partial charge in [0.25, 0.3) is 0 Å². The molecule has 5 heteroatoms. The molecule has 19 heavy (non-hydrogen) atoms. The molecule has 2 aromatic heterocycles. The van der Waals surface area contributed by atoms with Crippen molar-refractivity contribution in [2.45, 2.75) is 32.6 Å². The molecule has 2 unspecified atom stereocenters. The van der Waals surface area contributed by atoms with Gasteiger partial charge in [-0.3, -0.25) is 4.90 Å². The summed E-state index contributed by atoms with van der Waals surface area (Å²) >= 11 is 0. The number of morpholine rings is 1. The average Bonchev–Trinajstić information content (AvgIpc) is 2.96. The molecule has 0 saturated carbocycles. The first kappa shape index (κ1) is 12.4. The van der Waals surface area contributed by atoms with Gasteiger partial charge in [0.15, 0.2) is 5.76 Å². The largest absolute Gasteiger partial charge is 0.461 e. The second-order valence-electron chi connectivity index (χ2n) is 5.11. The molecule has 0 aliphatic carbocycles. The molecular weight excluding hydrogens is 244 g/mol. The number of hydrogen-bond donors (Lipinski definition) is 0. The second kappa shape index (κ2) is 5.19. The number of nitrogens with zero attached hydrogens (tertiary/aromatic N) is 2. The van der Waals surface area contributed by atoms with Crippen LogP contribution in [-0.2, 0) is 11.3 Å². The Morgan fingerprint density at radius 3 is 2.74 bits per heavy atom. The Morgan fingerprint density at radius 1 is 1.26 bits per heavy atom. The topological polar surface area (TPSA) is 51.6 Å². The van der Waals surface area contributed by atoms with Crippen molar-refractivity contribution in [2.75, 3.05) is 13.1 Å². The van der Waals surface area contributed by atoms with E-state index in [4.69, 9.17) is 13.7 Å². The lowest BCUT2D eigenvalue weighted by molar-refractivity contribution is -0.0709. The van der Waals surface area contributed by atoms with Crippen LogP contribution in [0, 0.1) is 0 Å². The Morgan fingerprint density at radius 2 is 2.05 bits per heavy atom. The highest BCUT2D eigenvalue weighted by Gasteiger charge is 2.23. The molecule has 0 N–H and O–H groups in total. The smallest absolute Gasteiger partial charge is 0.202 e. The van der Waals surface area contributed by atoms with Gasteiger partial charge in [0, 0.05) is 25.7 Å². The monoisotopic (exact) mass is 262 g/mol. The number of aromatic nitrogens is 1. The van der Waals surface area contributed by atoms with Gasteiger partial charge in [-0.15, -0.1) is 0 Å². The summed E-state index contributed by atoms with van der Waals surface area (Å²) in [5.41, 5.74) is 0.924. The Kier molecular flexibility index (Phi) is 3.40. The van der Waals surface area contributed by atoms with Crippen LogP contribution in [-0.4, -0.2) is 35.4 Å². The van der Waals surface area contributed by atoms with E-state index in [1.54, 1.807) is 6.26 Å². The molecule has 2 aromatic rings. The lowest BCUT2D eigenvalue weighted by Crippen LogP contribution is -2.44. The van der Waals surface area contributed by atoms with Crippen LogP contribution in [0.3, 0.4) is 0 Å². The molecular formula is C14H18N2O3. The fraction of sp³-hybridized carbons (Fsp3) is 0.500. The van der Waals surface area contributed by atoms with Gasteiger partial charge in [0.2, 0.25) is 5.76 Å². The van der Waals surface area contributed by atoms with Crippen LogP contribution in [0.4, 0.5) is 0 Å². The second-order valence-corrected chi connectivity index (χ2v) is 5.11. The van der Waals surface area contributed by atoms with Crippen LogP contribution in [0.1, 0.15) is 19.5 Å². The number of furan rings is 1. The zero-order chi connectivity index (χ0) is 13.2. The maximum atomic E-state index is 5.72. The highest BCUT2D eigenvalue weighted by atomic mass is 16.5. The van der Waals surface area contributed by atoms with Crippen molar-refractivity contribution >= 4 is 0 Å². The van der Waals surface area contributed by atoms with E-state index < -0.39 is 0 Å². The Balaban J connectivity index is 1.67. The highest BCUT2D eigenvalue weighted by molar-refractivity contribution is 5.49. The summed E-state index contributed by atoms with van der Waals surface area (Å²) in [4.78, 5) is 2.34. The molecule has 1 fully saturated rings. The minimum Gasteiger partial charge on any atom is -0.461 e. The predicted octanol–water partition coefficient (Wildman–Crippen LogP) is 2.54. The molecule has 2 atom stereocenters. The molecule has 3 rings (SSSR count). The molecule has 0 spiro atoms. The quantitative estimate of drug-likeness (QED) is 0.850. The van der Waals surface area contributed by atoms with Crippen LogP contribution in [0.5, 0.6) is 0 Å². The van der Waals surface area contributed by atoms with Gasteiger partial charge >= 0.3 is 0 Å². The van der Waals surface area contributed by atoms with Gasteiger partial charge in [0.05, 0.1) is 24.2 Å². The van der Waals surface area contributed by atoms with Crippen molar-refractivity contribution in [1.82, 2.24) is 10.1 Å². The molecule has 5 nitrogen and oxygen atoms in total. The Hall–Kier alpha value is -1.59. The van der Waals surface area contributed by atoms with Crippen molar-refractivity contribution in [2.24, 2.45) is 0 Å². The van der Waals surface area contributed by atoms with Gasteiger partial charge in [-0.2, -0.15) is 0 Å². The van der Waals surface area contributed by atoms with Gasteiger partial charge in [-0.25, -0.2) is 0 Å². The van der Waals surface area contributed by atoms with Crippen molar-refractivity contribution in [1.29, 1.82) is 0 Å². The molecule has 3 heterocycles. The first-order valence-electron chi connectivity index (χ1n) is 6.58. The fourth-order valence-corrected chi connectivity index (χ4v) is 2.56. The van der Waals surface area contributed by atoms with E-state index in [1.165, 1.54) is 0 Å². The summed E-state index contributed by atoms with van der Waals surface area (Å²) in [5, 5.41) is 4.10. The van der Waals surface area contributed by atoms with Gasteiger partial charge in [-0.05, 0) is 26.0 Å². The molecule has 0 amide bonds. The van der Waals surface area contributed by atoms with Crippen LogP contribution >= 0.6 is 0 Å². The van der Waals surface area contributed by atoms with Crippen molar-refractivity contribution in [3.63, 3.8) is 0 Å². The maximum Gasteiger partial charge on any atom is 0.202 e. The van der Waals surface area contributed by atoms with Crippen LogP contribution < -0.4 is 0 Å². The van der Waals surface area contributed by atoms with E-state index in [9.17, 15) is 0 Å². The molecule has 0 radical (unpaired) electrons. The van der Waals surface area contributed by atoms with E-state index in [2.05, 4.69) is 23.9 Å². The summed E-state index contributed by atoms with van der Waals surface area (Å²) in [6, 6.07) is 5.63. The molecule has 0 bridgehead atoms. The van der Waals surface area contributed by atoms with Crippen LogP contribution in [0.2, 0.25) is 0 Å². The standard InChI is InChI=1S/C14H18N2O3/c1-10-7-16(8-11(2)18-10)9-12-6-14(19-15-12)13-4-3-5-17-13/h3-6,10-11H,7-9H2,1-2H3. The first-order chi connectivity index (χ1) is 9.20. The number of hydrogen-bond acceptors (Lipinski definition) is 5. The van der Waals surface area contributed by atoms with Crippen LogP contribution in [0.25, 0.3) is 11.5 Å². The number of rotatable bonds is 3. The summed E-state index contributed by atoms with van der Waals surface area (Å²) in [6.07, 6.45) is 2.16. The first-order valence-corrected chi connectivity index (χ1v) is 6.58. The third-order valence-corrected chi connectivity index (χ3v) is 3.20. The third-order valence-electron chi connectivity index (χ3n) is 3.20. The summed E-state index contributed by atoms with van der Waals surface area (Å²) in [6.45, 7) is 6.82. The Labute approximate surface area is 112 Å². The van der Waals surface area contributed by atoms with Crippen LogP contribution in [0.15, 0.2) is 33.4 Å². The maximum absolute atomic E-state index is 5.72. The predicted molar refractivity (Wildman–Crippen MR) is 69.5 cm³/mol. The number of ether oxygens (including phenoxy) is 1. The highest BCUT2D eigenvalue weighted by Crippen LogP contribution is 2.22. The van der Waals surface area contributed by atoms with Crippen molar-refractivity contribution in [3.8, 4) is 11.5 Å². The lowest BCUT2D eigenvalue weighted by Gasteiger charge is -2.34. The SMILES string of the molecule is CC1CN(Cc2cc(-c3ccco3)on2)CC(C)O1. The van der Waals surface area contributed by atoms with Gasteiger partial charge < -0.3 is 13.7 Å². The van der Waals surface area contributed by atoms with E-state index in [-0.39, 0.29) is 12.2 Å². The normalized spacial score (nSPS) is 24.7. The zero-order valence-electron chi connectivity index (χ0n) is 11.2. The lowest BCUT2D eigenvalue weighted by atomic mass is 10.2. The molecule has 1 saturated heterocycles. The molecule has 102 valence electrons. The third kappa shape index (κ3) is 2.88. The van der Waals surface area contributed by atoms with E-state index in [1.807, 2.05) is 18.2 Å². The van der Waals surface area contributed by atoms with Gasteiger partial charge in [0.1, 0.15) is 0 Å². The minimum atomic E-state index is 0.264. The van der Waals surface area contributed by atoms with E-state index in [0.717, 1.165) is 25.3 Å². The summed E-state index contributed by atoms with van der Waals surface area (Å²) in [7, 11) is 0. The minimum absolute atomic E-state index is 0.264. The molecule has 1 aliphatic rings. The zero-order valence-corrected chi connectivity index (χ0v) is 11.2. The van der Waals surface area contributed by atoms with Crippen molar-refractivity contribution in [3.05, 3.63) is 30.2 Å². The molecule has 1 aliphatic heterocycles. The summed E-state index contributed by atoms with van der Waals surface area (Å²) in [5.74, 6) is 1.39. The summed E-state index contributed by atoms with van der Waals surface area (Å²) < 4.78 is 16.3. The average molecular weight is 262 g/mol. The Bertz CT molecular complexity index is 511. The van der Waals surface area contributed by atoms with E-state index >= 15 is 0 Å². The van der Waals surface area contributed by atoms with Crippen molar-refractivity contribution < 1.29 is 13.7 Å². The van der Waals surface area contributed by atoms with Gasteiger partial charge in [-0.1, -0.05) is 5.16 Å². The fourth-order valence-electron chi connectivity index (χ4n) is 2.56.